The maximum absolute atomic E-state index is 11.5. The summed E-state index contributed by atoms with van der Waals surface area (Å²) in [5.74, 6) is -0.296. The lowest BCUT2D eigenvalue weighted by Crippen LogP contribution is -2.25. The first-order valence-corrected chi connectivity index (χ1v) is 5.80. The fourth-order valence-corrected chi connectivity index (χ4v) is 2.43. The summed E-state index contributed by atoms with van der Waals surface area (Å²) in [5.41, 5.74) is 8.89. The summed E-state index contributed by atoms with van der Waals surface area (Å²) in [6.07, 6.45) is 0.983. The number of hydrogen-bond donors (Lipinski definition) is 1. The third kappa shape index (κ3) is 1.75. The molecule has 1 saturated carbocycles. The van der Waals surface area contributed by atoms with Gasteiger partial charge in [0, 0.05) is 5.54 Å². The van der Waals surface area contributed by atoms with Crippen molar-refractivity contribution in [2.45, 2.75) is 32.7 Å². The van der Waals surface area contributed by atoms with Gasteiger partial charge in [-0.2, -0.15) is 0 Å². The molecule has 1 atom stereocenters. The van der Waals surface area contributed by atoms with E-state index < -0.39 is 0 Å². The quantitative estimate of drug-likeness (QED) is 0.798. The minimum atomic E-state index is -0.296. The zero-order valence-corrected chi connectivity index (χ0v) is 10.8. The van der Waals surface area contributed by atoms with Crippen molar-refractivity contribution < 1.29 is 9.53 Å². The van der Waals surface area contributed by atoms with E-state index >= 15 is 0 Å². The molecule has 0 aromatic heterocycles. The van der Waals surface area contributed by atoms with Crippen LogP contribution < -0.4 is 5.73 Å². The van der Waals surface area contributed by atoms with Crippen LogP contribution in [0.2, 0.25) is 0 Å². The zero-order valence-electron chi connectivity index (χ0n) is 10.8. The smallest absolute Gasteiger partial charge is 0.338 e. The van der Waals surface area contributed by atoms with Crippen LogP contribution in [0.1, 0.15) is 41.8 Å². The van der Waals surface area contributed by atoms with Crippen LogP contribution in [0.5, 0.6) is 0 Å². The highest BCUT2D eigenvalue weighted by molar-refractivity contribution is 5.91. The topological polar surface area (TPSA) is 52.3 Å². The Morgan fingerprint density at radius 3 is 2.41 bits per heavy atom. The van der Waals surface area contributed by atoms with E-state index in [4.69, 9.17) is 10.5 Å². The molecule has 3 heteroatoms. The van der Waals surface area contributed by atoms with E-state index in [2.05, 4.69) is 13.8 Å². The number of methoxy groups -OCH3 is 1. The molecule has 2 N–H and O–H groups in total. The van der Waals surface area contributed by atoms with E-state index in [-0.39, 0.29) is 16.9 Å². The van der Waals surface area contributed by atoms with Gasteiger partial charge in [-0.25, -0.2) is 4.79 Å². The largest absolute Gasteiger partial charge is 0.465 e. The summed E-state index contributed by atoms with van der Waals surface area (Å²) < 4.78 is 4.73. The fraction of sp³-hybridized carbons (Fsp3) is 0.500. The lowest BCUT2D eigenvalue weighted by atomic mass is 9.94. The van der Waals surface area contributed by atoms with E-state index in [0.717, 1.165) is 17.5 Å². The number of nitrogens with two attached hydrogens (primary N) is 1. The molecule has 1 aromatic rings. The third-order valence-corrected chi connectivity index (χ3v) is 3.95. The molecule has 1 unspecified atom stereocenters. The van der Waals surface area contributed by atoms with E-state index in [9.17, 15) is 4.79 Å². The maximum Gasteiger partial charge on any atom is 0.338 e. The lowest BCUT2D eigenvalue weighted by Gasteiger charge is -2.17. The number of carbonyl (C=O) groups is 1. The Morgan fingerprint density at radius 1 is 1.41 bits per heavy atom. The van der Waals surface area contributed by atoms with Crippen LogP contribution in [0, 0.1) is 12.3 Å². The number of benzene rings is 1. The van der Waals surface area contributed by atoms with Crippen LogP contribution in [0.25, 0.3) is 0 Å². The molecule has 0 heterocycles. The lowest BCUT2D eigenvalue weighted by molar-refractivity contribution is 0.0600. The van der Waals surface area contributed by atoms with Gasteiger partial charge in [0.2, 0.25) is 0 Å². The number of esters is 1. The number of aryl methyl sites for hydroxylation is 1. The van der Waals surface area contributed by atoms with Crippen LogP contribution in [0.4, 0.5) is 0 Å². The predicted octanol–water partition coefficient (Wildman–Crippen LogP) is 2.37. The Balaban J connectivity index is 2.36. The molecule has 3 nitrogen and oxygen atoms in total. The van der Waals surface area contributed by atoms with Gasteiger partial charge in [-0.1, -0.05) is 26.0 Å². The Labute approximate surface area is 102 Å². The Morgan fingerprint density at radius 2 is 2.00 bits per heavy atom. The summed E-state index contributed by atoms with van der Waals surface area (Å²) in [4.78, 5) is 11.5. The summed E-state index contributed by atoms with van der Waals surface area (Å²) in [7, 11) is 1.39. The van der Waals surface area contributed by atoms with Crippen LogP contribution >= 0.6 is 0 Å². The van der Waals surface area contributed by atoms with Crippen molar-refractivity contribution in [3.8, 4) is 0 Å². The normalized spacial score (nSPS) is 25.5. The first-order valence-electron chi connectivity index (χ1n) is 5.80. The molecule has 1 aliphatic carbocycles. The van der Waals surface area contributed by atoms with Gasteiger partial charge in [0.15, 0.2) is 0 Å². The second-order valence-corrected chi connectivity index (χ2v) is 5.55. The van der Waals surface area contributed by atoms with Crippen LogP contribution in [0.3, 0.4) is 0 Å². The molecule has 0 spiro atoms. The Kier molecular flexibility index (Phi) is 2.54. The van der Waals surface area contributed by atoms with Crippen molar-refractivity contribution in [2.75, 3.05) is 7.11 Å². The van der Waals surface area contributed by atoms with Crippen LogP contribution in [0.15, 0.2) is 18.2 Å². The molecule has 17 heavy (non-hydrogen) atoms. The van der Waals surface area contributed by atoms with E-state index in [1.54, 1.807) is 6.07 Å². The standard InChI is InChI=1S/C14H19NO2/c1-9-7-10(14(15)8-13(14,2)3)5-6-11(9)12(16)17-4/h5-7H,8,15H2,1-4H3. The van der Waals surface area contributed by atoms with Crippen molar-refractivity contribution >= 4 is 5.97 Å². The monoisotopic (exact) mass is 233 g/mol. The number of carbonyl (C=O) groups excluding carboxylic acids is 1. The highest BCUT2D eigenvalue weighted by Crippen LogP contribution is 2.60. The van der Waals surface area contributed by atoms with Gasteiger partial charge in [0.25, 0.3) is 0 Å². The predicted molar refractivity (Wildman–Crippen MR) is 66.8 cm³/mol. The van der Waals surface area contributed by atoms with Gasteiger partial charge in [-0.3, -0.25) is 0 Å². The van der Waals surface area contributed by atoms with E-state index in [0.29, 0.717) is 5.56 Å². The second-order valence-electron chi connectivity index (χ2n) is 5.55. The van der Waals surface area contributed by atoms with Crippen molar-refractivity contribution in [1.82, 2.24) is 0 Å². The van der Waals surface area contributed by atoms with Gasteiger partial charge in [0.1, 0.15) is 0 Å². The SMILES string of the molecule is COC(=O)c1ccc(C2(N)CC2(C)C)cc1C. The molecule has 0 bridgehead atoms. The second kappa shape index (κ2) is 3.57. The first kappa shape index (κ1) is 12.1. The van der Waals surface area contributed by atoms with E-state index in [1.165, 1.54) is 7.11 Å². The molecule has 0 amide bonds. The summed E-state index contributed by atoms with van der Waals surface area (Å²) in [5, 5.41) is 0. The average Bonchev–Trinajstić information content (AvgIpc) is 2.78. The van der Waals surface area contributed by atoms with Gasteiger partial charge in [0.05, 0.1) is 12.7 Å². The average molecular weight is 233 g/mol. The van der Waals surface area contributed by atoms with Crippen molar-refractivity contribution in [3.63, 3.8) is 0 Å². The molecular formula is C14H19NO2. The number of hydrogen-bond acceptors (Lipinski definition) is 3. The molecule has 1 fully saturated rings. The zero-order chi connectivity index (χ0) is 12.8. The van der Waals surface area contributed by atoms with Gasteiger partial charge >= 0.3 is 5.97 Å². The number of ether oxygens (including phenoxy) is 1. The summed E-state index contributed by atoms with van der Waals surface area (Å²) in [6.45, 7) is 6.24. The van der Waals surface area contributed by atoms with Crippen LogP contribution in [-0.2, 0) is 10.3 Å². The van der Waals surface area contributed by atoms with Gasteiger partial charge in [-0.15, -0.1) is 0 Å². The highest BCUT2D eigenvalue weighted by Gasteiger charge is 2.59. The van der Waals surface area contributed by atoms with Gasteiger partial charge in [-0.05, 0) is 36.0 Å². The fourth-order valence-electron chi connectivity index (χ4n) is 2.43. The number of rotatable bonds is 2. The Hall–Kier alpha value is -1.35. The third-order valence-electron chi connectivity index (χ3n) is 3.95. The van der Waals surface area contributed by atoms with Gasteiger partial charge < -0.3 is 10.5 Å². The van der Waals surface area contributed by atoms with Crippen molar-refractivity contribution in [2.24, 2.45) is 11.1 Å². The minimum Gasteiger partial charge on any atom is -0.465 e. The van der Waals surface area contributed by atoms with Crippen molar-refractivity contribution in [3.05, 3.63) is 34.9 Å². The summed E-state index contributed by atoms with van der Waals surface area (Å²) >= 11 is 0. The molecule has 0 aliphatic heterocycles. The Bertz CT molecular complexity index is 479. The molecule has 0 radical (unpaired) electrons. The minimum absolute atomic E-state index is 0.145. The summed E-state index contributed by atoms with van der Waals surface area (Å²) in [6, 6.07) is 5.74. The first-order chi connectivity index (χ1) is 7.82. The van der Waals surface area contributed by atoms with Crippen molar-refractivity contribution in [1.29, 1.82) is 0 Å². The molecular weight excluding hydrogens is 214 g/mol. The van der Waals surface area contributed by atoms with E-state index in [1.807, 2.05) is 19.1 Å². The van der Waals surface area contributed by atoms with Crippen LogP contribution in [-0.4, -0.2) is 13.1 Å². The molecule has 1 aliphatic rings. The maximum atomic E-state index is 11.5. The molecule has 2 rings (SSSR count). The highest BCUT2D eigenvalue weighted by atomic mass is 16.5. The molecule has 92 valence electrons. The molecule has 0 saturated heterocycles. The molecule has 1 aromatic carbocycles.